The van der Waals surface area contributed by atoms with E-state index in [1.165, 1.54) is 25.9 Å². The molecule has 3 aliphatic heterocycles. The highest BCUT2D eigenvalue weighted by Gasteiger charge is 2.31. The zero-order valence-corrected chi connectivity index (χ0v) is 5.64. The van der Waals surface area contributed by atoms with Crippen LogP contribution >= 0.6 is 0 Å². The second-order valence-electron chi connectivity index (χ2n) is 3.24. The van der Waals surface area contributed by atoms with Crippen LogP contribution in [0.5, 0.6) is 0 Å². The molecule has 3 saturated heterocycles. The second-order valence-corrected chi connectivity index (χ2v) is 3.24. The van der Waals surface area contributed by atoms with Crippen molar-refractivity contribution >= 4 is 0 Å². The van der Waals surface area contributed by atoms with Crippen LogP contribution < -0.4 is 5.73 Å². The van der Waals surface area contributed by atoms with E-state index in [-0.39, 0.29) is 6.04 Å². The fraction of sp³-hybridized carbons (Fsp3) is 1.00. The Labute approximate surface area is 56.0 Å². The van der Waals surface area contributed by atoms with Gasteiger partial charge in [0, 0.05) is 12.6 Å². The van der Waals surface area contributed by atoms with Crippen LogP contribution in [0, 0.1) is 5.92 Å². The molecule has 3 rings (SSSR count). The van der Waals surface area contributed by atoms with Crippen molar-refractivity contribution in [2.75, 3.05) is 19.6 Å². The van der Waals surface area contributed by atoms with Crippen molar-refractivity contribution in [3.8, 4) is 0 Å². The van der Waals surface area contributed by atoms with Crippen LogP contribution in [0.25, 0.3) is 0 Å². The number of fused-ring (bicyclic) bond motifs is 3. The van der Waals surface area contributed by atoms with Crippen LogP contribution in [0.2, 0.25) is 0 Å². The lowest BCUT2D eigenvalue weighted by Crippen LogP contribution is -2.50. The van der Waals surface area contributed by atoms with Gasteiger partial charge >= 0.3 is 0 Å². The molecule has 0 aromatic heterocycles. The van der Waals surface area contributed by atoms with Crippen LogP contribution in [-0.4, -0.2) is 30.6 Å². The normalized spacial score (nSPS) is 49.7. The summed E-state index contributed by atoms with van der Waals surface area (Å²) in [6.07, 6.45) is 2.57. The molecule has 1 N–H and O–H groups in total. The van der Waals surface area contributed by atoms with Gasteiger partial charge in [-0.25, -0.2) is 0 Å². The number of piperidine rings is 3. The fourth-order valence-electron chi connectivity index (χ4n) is 1.97. The van der Waals surface area contributed by atoms with Gasteiger partial charge in [-0.3, -0.25) is 5.73 Å². The quantitative estimate of drug-likeness (QED) is 0.459. The van der Waals surface area contributed by atoms with Crippen LogP contribution in [0.1, 0.15) is 12.8 Å². The van der Waals surface area contributed by atoms with Gasteiger partial charge in [0.25, 0.3) is 0 Å². The number of nitrogens with zero attached hydrogens (tertiary/aromatic N) is 1. The molecule has 51 valence electrons. The van der Waals surface area contributed by atoms with E-state index < -0.39 is 0 Å². The molecule has 0 aromatic rings. The van der Waals surface area contributed by atoms with E-state index in [4.69, 9.17) is 5.73 Å². The molecule has 0 aromatic carbocycles. The molecule has 1 unspecified atom stereocenters. The van der Waals surface area contributed by atoms with Gasteiger partial charge in [0.2, 0.25) is 0 Å². The molecule has 1 radical (unpaired) electrons. The van der Waals surface area contributed by atoms with Crippen LogP contribution in [0.15, 0.2) is 0 Å². The monoisotopic (exact) mass is 125 g/mol. The zero-order valence-electron chi connectivity index (χ0n) is 5.64. The van der Waals surface area contributed by atoms with Gasteiger partial charge in [-0.1, -0.05) is 0 Å². The maximum Gasteiger partial charge on any atom is 0.0369 e. The van der Waals surface area contributed by atoms with Gasteiger partial charge in [-0.05, 0) is 31.8 Å². The van der Waals surface area contributed by atoms with E-state index in [2.05, 4.69) is 4.90 Å². The predicted molar refractivity (Wildman–Crippen MR) is 36.0 cm³/mol. The fourth-order valence-corrected chi connectivity index (χ4v) is 1.97. The maximum absolute atomic E-state index is 7.62. The lowest BCUT2D eigenvalue weighted by atomic mass is 9.85. The highest BCUT2D eigenvalue weighted by Crippen LogP contribution is 2.26. The molecule has 0 saturated carbocycles. The molecular weight excluding hydrogens is 112 g/mol. The average molecular weight is 125 g/mol. The third-order valence-corrected chi connectivity index (χ3v) is 2.66. The largest absolute Gasteiger partial charge is 0.302 e. The Morgan fingerprint density at radius 1 is 1.22 bits per heavy atom. The van der Waals surface area contributed by atoms with Crippen molar-refractivity contribution in [2.24, 2.45) is 5.92 Å². The highest BCUT2D eigenvalue weighted by molar-refractivity contribution is 4.88. The average Bonchev–Trinajstić information content (AvgIpc) is 1.90. The molecule has 0 aliphatic carbocycles. The predicted octanol–water partition coefficient (Wildman–Crippen LogP) is 0.363. The van der Waals surface area contributed by atoms with Crippen molar-refractivity contribution < 1.29 is 0 Å². The van der Waals surface area contributed by atoms with Crippen LogP contribution in [-0.2, 0) is 0 Å². The number of hydrogen-bond acceptors (Lipinski definition) is 1. The first kappa shape index (κ1) is 5.69. The second kappa shape index (κ2) is 1.96. The number of nitrogens with one attached hydrogen (secondary N) is 1. The van der Waals surface area contributed by atoms with E-state index >= 15 is 0 Å². The van der Waals surface area contributed by atoms with Crippen LogP contribution in [0.4, 0.5) is 0 Å². The summed E-state index contributed by atoms with van der Waals surface area (Å²) in [5, 5.41) is 0. The van der Waals surface area contributed by atoms with E-state index in [0.717, 1.165) is 12.5 Å². The lowest BCUT2D eigenvalue weighted by Gasteiger charge is -2.42. The van der Waals surface area contributed by atoms with Crippen molar-refractivity contribution in [3.05, 3.63) is 0 Å². The molecule has 3 heterocycles. The van der Waals surface area contributed by atoms with Gasteiger partial charge in [0.15, 0.2) is 0 Å². The number of rotatable bonds is 0. The third-order valence-electron chi connectivity index (χ3n) is 2.66. The number of hydrogen-bond donors (Lipinski definition) is 0. The summed E-state index contributed by atoms with van der Waals surface area (Å²) >= 11 is 0. The van der Waals surface area contributed by atoms with E-state index in [1.54, 1.807) is 0 Å². The Morgan fingerprint density at radius 2 is 1.89 bits per heavy atom. The summed E-state index contributed by atoms with van der Waals surface area (Å²) in [7, 11) is 0. The van der Waals surface area contributed by atoms with E-state index in [0.29, 0.717) is 0 Å². The molecule has 2 bridgehead atoms. The summed E-state index contributed by atoms with van der Waals surface area (Å²) in [6, 6.07) is 0.243. The van der Waals surface area contributed by atoms with Gasteiger partial charge in [0.05, 0.1) is 0 Å². The molecule has 2 heteroatoms. The minimum absolute atomic E-state index is 0.243. The molecule has 3 fully saturated rings. The van der Waals surface area contributed by atoms with E-state index in [9.17, 15) is 0 Å². The standard InChI is InChI=1S/C7H13N2/c8-7-5-9-3-1-6(7)2-4-9/h6-8H,1-5H2. The third kappa shape index (κ3) is 0.864. The van der Waals surface area contributed by atoms with Crippen molar-refractivity contribution in [1.82, 2.24) is 10.6 Å². The highest BCUT2D eigenvalue weighted by atomic mass is 15.2. The molecule has 1 atom stereocenters. The summed E-state index contributed by atoms with van der Waals surface area (Å²) in [4.78, 5) is 2.41. The molecule has 2 nitrogen and oxygen atoms in total. The first-order chi connectivity index (χ1) is 4.36. The Balaban J connectivity index is 2.06. The smallest absolute Gasteiger partial charge is 0.0369 e. The minimum Gasteiger partial charge on any atom is -0.302 e. The SMILES string of the molecule is [NH]C1CN2CCC1CC2. The molecule has 3 aliphatic rings. The lowest BCUT2D eigenvalue weighted by molar-refractivity contribution is 0.0867. The maximum atomic E-state index is 7.62. The summed E-state index contributed by atoms with van der Waals surface area (Å²) in [5.41, 5.74) is 7.62. The first-order valence-electron chi connectivity index (χ1n) is 3.80. The molecule has 0 spiro atoms. The Hall–Kier alpha value is -0.0800. The van der Waals surface area contributed by atoms with Crippen molar-refractivity contribution in [1.29, 1.82) is 0 Å². The molecular formula is C7H13N2. The zero-order chi connectivity index (χ0) is 6.27. The molecule has 0 amide bonds. The topological polar surface area (TPSA) is 27.0 Å². The molecule has 9 heavy (non-hydrogen) atoms. The van der Waals surface area contributed by atoms with E-state index in [1.807, 2.05) is 0 Å². The van der Waals surface area contributed by atoms with Gasteiger partial charge in [-0.2, -0.15) is 0 Å². The van der Waals surface area contributed by atoms with Crippen molar-refractivity contribution in [2.45, 2.75) is 18.9 Å². The van der Waals surface area contributed by atoms with Crippen molar-refractivity contribution in [3.63, 3.8) is 0 Å². The first-order valence-corrected chi connectivity index (χ1v) is 3.80. The minimum atomic E-state index is 0.243. The summed E-state index contributed by atoms with van der Waals surface area (Å²) in [5.74, 6) is 0.745. The Bertz CT molecular complexity index is 105. The van der Waals surface area contributed by atoms with Gasteiger partial charge < -0.3 is 4.90 Å². The Morgan fingerprint density at radius 3 is 2.11 bits per heavy atom. The van der Waals surface area contributed by atoms with Crippen LogP contribution in [0.3, 0.4) is 0 Å². The van der Waals surface area contributed by atoms with Gasteiger partial charge in [0.1, 0.15) is 0 Å². The Kier molecular flexibility index (Phi) is 1.24. The summed E-state index contributed by atoms with van der Waals surface area (Å²) in [6.45, 7) is 3.57. The van der Waals surface area contributed by atoms with Gasteiger partial charge in [-0.15, -0.1) is 0 Å². The summed E-state index contributed by atoms with van der Waals surface area (Å²) < 4.78 is 0.